The number of anilines is 1. The average Bonchev–Trinajstić information content (AvgIpc) is 2.48. The van der Waals surface area contributed by atoms with Crippen LogP contribution in [0.1, 0.15) is 37.5 Å². The predicted octanol–water partition coefficient (Wildman–Crippen LogP) is 5.27. The first-order chi connectivity index (χ1) is 11.2. The zero-order valence-electron chi connectivity index (χ0n) is 14.9. The maximum Gasteiger partial charge on any atom is 0.262 e. The minimum atomic E-state index is -0.233. The van der Waals surface area contributed by atoms with Gasteiger partial charge in [0.25, 0.3) is 5.91 Å². The van der Waals surface area contributed by atoms with Crippen LogP contribution < -0.4 is 10.1 Å². The van der Waals surface area contributed by atoms with Crippen LogP contribution in [0.25, 0.3) is 0 Å². The predicted molar refractivity (Wildman–Crippen MR) is 100 cm³/mol. The summed E-state index contributed by atoms with van der Waals surface area (Å²) < 4.78 is 5.56. The van der Waals surface area contributed by atoms with E-state index in [1.54, 1.807) is 0 Å². The molecule has 0 aliphatic carbocycles. The Balaban J connectivity index is 1.97. The van der Waals surface area contributed by atoms with E-state index in [9.17, 15) is 4.79 Å². The van der Waals surface area contributed by atoms with Crippen LogP contribution in [0.5, 0.6) is 5.75 Å². The Morgan fingerprint density at radius 3 is 2.29 bits per heavy atom. The van der Waals surface area contributed by atoms with Gasteiger partial charge >= 0.3 is 0 Å². The van der Waals surface area contributed by atoms with Crippen LogP contribution in [-0.4, -0.2) is 12.5 Å². The lowest BCUT2D eigenvalue weighted by atomic mass is 9.87. The van der Waals surface area contributed by atoms with Crippen LogP contribution >= 0.6 is 11.6 Å². The first kappa shape index (κ1) is 18.3. The second kappa shape index (κ2) is 7.27. The van der Waals surface area contributed by atoms with Crippen LogP contribution in [0.15, 0.2) is 36.4 Å². The molecule has 0 unspecified atom stereocenters. The van der Waals surface area contributed by atoms with Crippen LogP contribution in [0.2, 0.25) is 5.02 Å². The summed E-state index contributed by atoms with van der Waals surface area (Å²) in [5.41, 5.74) is 3.95. The van der Waals surface area contributed by atoms with E-state index >= 15 is 0 Å². The van der Waals surface area contributed by atoms with Gasteiger partial charge in [-0.3, -0.25) is 4.79 Å². The Morgan fingerprint density at radius 2 is 1.75 bits per heavy atom. The van der Waals surface area contributed by atoms with E-state index in [-0.39, 0.29) is 17.9 Å². The Hall–Kier alpha value is -2.00. The van der Waals surface area contributed by atoms with Gasteiger partial charge < -0.3 is 10.1 Å². The van der Waals surface area contributed by atoms with Crippen molar-refractivity contribution in [2.24, 2.45) is 0 Å². The number of carbonyl (C=O) groups excluding carboxylic acids is 1. The minimum absolute atomic E-state index is 0.0570. The van der Waals surface area contributed by atoms with Gasteiger partial charge in [0.2, 0.25) is 0 Å². The number of nitrogens with one attached hydrogen (secondary N) is 1. The fourth-order valence-electron chi connectivity index (χ4n) is 2.45. The number of rotatable bonds is 4. The summed E-state index contributed by atoms with van der Waals surface area (Å²) in [5.74, 6) is 0.439. The molecule has 0 saturated heterocycles. The molecule has 1 amide bonds. The lowest BCUT2D eigenvalue weighted by molar-refractivity contribution is -0.118. The Labute approximate surface area is 149 Å². The molecule has 0 aromatic heterocycles. The van der Waals surface area contributed by atoms with Crippen molar-refractivity contribution < 1.29 is 9.53 Å². The van der Waals surface area contributed by atoms with Gasteiger partial charge in [-0.2, -0.15) is 0 Å². The first-order valence-corrected chi connectivity index (χ1v) is 8.34. The standard InChI is InChI=1S/C20H24ClNO2/c1-13-10-14(2)19(17(21)11-13)22-18(23)12-24-16-8-6-15(7-9-16)20(3,4)5/h6-11H,12H2,1-5H3,(H,22,23). The van der Waals surface area contributed by atoms with Crippen LogP contribution in [0, 0.1) is 13.8 Å². The SMILES string of the molecule is Cc1cc(C)c(NC(=O)COc2ccc(C(C)(C)C)cc2)c(Cl)c1. The monoisotopic (exact) mass is 345 g/mol. The number of hydrogen-bond acceptors (Lipinski definition) is 2. The van der Waals surface area contributed by atoms with E-state index in [4.69, 9.17) is 16.3 Å². The van der Waals surface area contributed by atoms with Crippen molar-refractivity contribution in [1.29, 1.82) is 0 Å². The second-order valence-corrected chi connectivity index (χ2v) is 7.46. The molecule has 2 aromatic carbocycles. The molecule has 3 nitrogen and oxygen atoms in total. The highest BCUT2D eigenvalue weighted by Gasteiger charge is 2.14. The maximum absolute atomic E-state index is 12.1. The quantitative estimate of drug-likeness (QED) is 0.819. The third-order valence-electron chi connectivity index (χ3n) is 3.79. The molecular formula is C20H24ClNO2. The van der Waals surface area contributed by atoms with Gasteiger partial charge in [0.1, 0.15) is 5.75 Å². The van der Waals surface area contributed by atoms with Crippen LogP contribution in [0.3, 0.4) is 0 Å². The van der Waals surface area contributed by atoms with Gasteiger partial charge in [-0.1, -0.05) is 50.6 Å². The summed E-state index contributed by atoms with van der Waals surface area (Å²) in [6.07, 6.45) is 0. The molecule has 24 heavy (non-hydrogen) atoms. The van der Waals surface area contributed by atoms with E-state index in [0.29, 0.717) is 16.5 Å². The minimum Gasteiger partial charge on any atom is -0.484 e. The summed E-state index contributed by atoms with van der Waals surface area (Å²) in [5, 5.41) is 3.35. The zero-order chi connectivity index (χ0) is 17.9. The summed E-state index contributed by atoms with van der Waals surface area (Å²) in [6, 6.07) is 11.6. The normalized spacial score (nSPS) is 11.2. The van der Waals surface area contributed by atoms with Crippen molar-refractivity contribution in [3.63, 3.8) is 0 Å². The van der Waals surface area contributed by atoms with E-state index in [1.165, 1.54) is 5.56 Å². The van der Waals surface area contributed by atoms with Gasteiger partial charge in [0.05, 0.1) is 10.7 Å². The summed E-state index contributed by atoms with van der Waals surface area (Å²) >= 11 is 6.20. The highest BCUT2D eigenvalue weighted by Crippen LogP contribution is 2.27. The number of amides is 1. The second-order valence-electron chi connectivity index (χ2n) is 7.05. The van der Waals surface area contributed by atoms with E-state index in [0.717, 1.165) is 11.1 Å². The number of ether oxygens (including phenoxy) is 1. The molecule has 128 valence electrons. The molecule has 2 aromatic rings. The molecule has 0 radical (unpaired) electrons. The summed E-state index contributed by atoms with van der Waals surface area (Å²) in [6.45, 7) is 10.3. The summed E-state index contributed by atoms with van der Waals surface area (Å²) in [7, 11) is 0. The Bertz CT molecular complexity index is 707. The Kier molecular flexibility index (Phi) is 5.55. The fourth-order valence-corrected chi connectivity index (χ4v) is 2.82. The fraction of sp³-hybridized carbons (Fsp3) is 0.350. The molecule has 2 rings (SSSR count). The van der Waals surface area contributed by atoms with Crippen molar-refractivity contribution >= 4 is 23.2 Å². The zero-order valence-corrected chi connectivity index (χ0v) is 15.6. The van der Waals surface area contributed by atoms with Gasteiger partial charge in [-0.25, -0.2) is 0 Å². The number of halogens is 1. The lowest BCUT2D eigenvalue weighted by Gasteiger charge is -2.19. The molecule has 0 spiro atoms. The molecule has 0 atom stereocenters. The average molecular weight is 346 g/mol. The van der Waals surface area contributed by atoms with Crippen molar-refractivity contribution in [2.75, 3.05) is 11.9 Å². The van der Waals surface area contributed by atoms with Gasteiger partial charge in [0, 0.05) is 0 Å². The van der Waals surface area contributed by atoms with Crippen LogP contribution in [-0.2, 0) is 10.2 Å². The van der Waals surface area contributed by atoms with Gasteiger partial charge in [0.15, 0.2) is 6.61 Å². The van der Waals surface area contributed by atoms with Crippen molar-refractivity contribution in [3.05, 3.63) is 58.1 Å². The molecule has 0 saturated carbocycles. The van der Waals surface area contributed by atoms with E-state index < -0.39 is 0 Å². The third kappa shape index (κ3) is 4.75. The molecular weight excluding hydrogens is 322 g/mol. The lowest BCUT2D eigenvalue weighted by Crippen LogP contribution is -2.21. The Morgan fingerprint density at radius 1 is 1.12 bits per heavy atom. The third-order valence-corrected chi connectivity index (χ3v) is 4.08. The number of benzene rings is 2. The number of hydrogen-bond donors (Lipinski definition) is 1. The number of carbonyl (C=O) groups is 1. The maximum atomic E-state index is 12.1. The van der Waals surface area contributed by atoms with E-state index in [2.05, 4.69) is 26.1 Å². The molecule has 0 heterocycles. The van der Waals surface area contributed by atoms with Crippen LogP contribution in [0.4, 0.5) is 5.69 Å². The molecule has 0 bridgehead atoms. The largest absolute Gasteiger partial charge is 0.484 e. The van der Waals surface area contributed by atoms with E-state index in [1.807, 2.05) is 50.2 Å². The highest BCUT2D eigenvalue weighted by atomic mass is 35.5. The van der Waals surface area contributed by atoms with Crippen molar-refractivity contribution in [3.8, 4) is 5.75 Å². The van der Waals surface area contributed by atoms with Crippen molar-refractivity contribution in [2.45, 2.75) is 40.0 Å². The first-order valence-electron chi connectivity index (χ1n) is 7.97. The molecule has 4 heteroatoms. The molecule has 1 N–H and O–H groups in total. The summed E-state index contributed by atoms with van der Waals surface area (Å²) in [4.78, 5) is 12.1. The number of aryl methyl sites for hydroxylation is 2. The highest BCUT2D eigenvalue weighted by molar-refractivity contribution is 6.34. The topological polar surface area (TPSA) is 38.3 Å². The smallest absolute Gasteiger partial charge is 0.262 e. The van der Waals surface area contributed by atoms with Gasteiger partial charge in [-0.05, 0) is 54.2 Å². The molecule has 0 aliphatic rings. The molecule has 0 fully saturated rings. The van der Waals surface area contributed by atoms with Gasteiger partial charge in [-0.15, -0.1) is 0 Å². The van der Waals surface area contributed by atoms with Crippen molar-refractivity contribution in [1.82, 2.24) is 0 Å². The molecule has 0 aliphatic heterocycles.